The van der Waals surface area contributed by atoms with E-state index < -0.39 is 49.9 Å². The molecule has 2 aromatic carbocycles. The molecule has 4 rings (SSSR count). The molecule has 0 amide bonds. The van der Waals surface area contributed by atoms with Crippen LogP contribution < -0.4 is 9.46 Å². The number of anilines is 1. The summed E-state index contributed by atoms with van der Waals surface area (Å²) in [5.41, 5.74) is -0.700. The first-order valence-electron chi connectivity index (χ1n) is 9.20. The average Bonchev–Trinajstić information content (AvgIpc) is 3.23. The molecule has 13 heteroatoms. The van der Waals surface area contributed by atoms with Crippen LogP contribution in [0.25, 0.3) is 11.0 Å². The molecule has 0 aliphatic rings. The third-order valence-corrected chi connectivity index (χ3v) is 5.73. The largest absolute Gasteiger partial charge is 0.573 e. The molecule has 2 N–H and O–H groups in total. The van der Waals surface area contributed by atoms with Crippen molar-refractivity contribution < 1.29 is 35.1 Å². The van der Waals surface area contributed by atoms with Crippen molar-refractivity contribution in [2.45, 2.75) is 11.3 Å². The van der Waals surface area contributed by atoms with Crippen molar-refractivity contribution in [1.29, 1.82) is 0 Å². The van der Waals surface area contributed by atoms with Crippen LogP contribution >= 0.6 is 0 Å². The van der Waals surface area contributed by atoms with Crippen molar-refractivity contribution in [1.82, 2.24) is 15.2 Å². The molecule has 2 heterocycles. The van der Waals surface area contributed by atoms with Gasteiger partial charge in [-0.3, -0.25) is 9.82 Å². The fourth-order valence-electron chi connectivity index (χ4n) is 2.87. The molecule has 0 saturated heterocycles. The van der Waals surface area contributed by atoms with E-state index in [4.69, 9.17) is 0 Å². The molecule has 0 unspecified atom stereocenters. The van der Waals surface area contributed by atoms with Crippen LogP contribution in [-0.4, -0.2) is 30.0 Å². The summed E-state index contributed by atoms with van der Waals surface area (Å²) in [6.45, 7) is 0. The van der Waals surface area contributed by atoms with Gasteiger partial charge >= 0.3 is 6.36 Å². The molecule has 0 atom stereocenters. The van der Waals surface area contributed by atoms with E-state index in [0.29, 0.717) is 16.6 Å². The zero-order valence-electron chi connectivity index (χ0n) is 16.6. The lowest BCUT2D eigenvalue weighted by Gasteiger charge is -2.15. The van der Waals surface area contributed by atoms with Crippen molar-refractivity contribution in [2.24, 2.45) is 0 Å². The van der Waals surface area contributed by atoms with Crippen LogP contribution in [0.5, 0.6) is 5.75 Å². The maximum atomic E-state index is 14.9. The Balaban J connectivity index is 1.68. The Labute approximate surface area is 188 Å². The maximum absolute atomic E-state index is 14.9. The number of fused-ring (bicyclic) bond motifs is 1. The summed E-state index contributed by atoms with van der Waals surface area (Å²) in [7, 11) is -4.76. The number of H-pyrrole nitrogens is 1. The van der Waals surface area contributed by atoms with Gasteiger partial charge in [0.25, 0.3) is 10.0 Å². The van der Waals surface area contributed by atoms with E-state index in [9.17, 15) is 30.4 Å². The van der Waals surface area contributed by atoms with Gasteiger partial charge in [0.05, 0.1) is 17.4 Å². The second-order valence-corrected chi connectivity index (χ2v) is 8.32. The minimum absolute atomic E-state index is 0.303. The molecule has 0 saturated carbocycles. The number of sulfonamides is 1. The highest BCUT2D eigenvalue weighted by Gasteiger charge is 2.34. The summed E-state index contributed by atoms with van der Waals surface area (Å²) < 4.78 is 97.9. The zero-order chi connectivity index (χ0) is 24.5. The van der Waals surface area contributed by atoms with Crippen molar-refractivity contribution in [3.8, 4) is 17.6 Å². The lowest BCUT2D eigenvalue weighted by atomic mass is 10.1. The summed E-state index contributed by atoms with van der Waals surface area (Å²) in [6, 6.07) is 7.01. The van der Waals surface area contributed by atoms with Crippen LogP contribution in [0.4, 0.5) is 27.6 Å². The number of aromatic amines is 1. The molecule has 0 aliphatic carbocycles. The fraction of sp³-hybridized carbons (Fsp3) is 0.0476. The molecule has 7 nitrogen and oxygen atoms in total. The first-order valence-corrected chi connectivity index (χ1v) is 10.7. The number of aromatic nitrogens is 3. The predicted molar refractivity (Wildman–Crippen MR) is 110 cm³/mol. The second kappa shape index (κ2) is 8.64. The number of hydrogen-bond acceptors (Lipinski definition) is 5. The van der Waals surface area contributed by atoms with Crippen molar-refractivity contribution in [3.63, 3.8) is 0 Å². The highest BCUT2D eigenvalue weighted by atomic mass is 32.2. The molecule has 0 radical (unpaired) electrons. The van der Waals surface area contributed by atoms with Gasteiger partial charge in [0, 0.05) is 17.1 Å². The SMILES string of the molecule is O=S(=O)(Nc1ccc(F)c(C#Cc2cnc3[nH]ncc3c2)c1F)c1ccccc1OC(F)(F)F. The maximum Gasteiger partial charge on any atom is 0.573 e. The van der Waals surface area contributed by atoms with Gasteiger partial charge in [-0.2, -0.15) is 5.10 Å². The summed E-state index contributed by atoms with van der Waals surface area (Å²) in [4.78, 5) is 3.14. The van der Waals surface area contributed by atoms with Gasteiger partial charge in [0.1, 0.15) is 16.5 Å². The number of hydrogen-bond donors (Lipinski definition) is 2. The predicted octanol–water partition coefficient (Wildman–Crippen LogP) is 4.34. The van der Waals surface area contributed by atoms with Gasteiger partial charge < -0.3 is 4.74 Å². The smallest absolute Gasteiger partial charge is 0.404 e. The summed E-state index contributed by atoms with van der Waals surface area (Å²) in [5, 5.41) is 7.03. The van der Waals surface area contributed by atoms with Gasteiger partial charge in [-0.15, -0.1) is 13.2 Å². The van der Waals surface area contributed by atoms with Crippen LogP contribution in [0.3, 0.4) is 0 Å². The Morgan fingerprint density at radius 2 is 1.79 bits per heavy atom. The number of nitrogens with zero attached hydrogens (tertiary/aromatic N) is 2. The molecule has 2 aromatic heterocycles. The van der Waals surface area contributed by atoms with Gasteiger partial charge in [-0.25, -0.2) is 22.2 Å². The first-order chi connectivity index (χ1) is 16.0. The summed E-state index contributed by atoms with van der Waals surface area (Å²) in [5.74, 6) is 1.35. The van der Waals surface area contributed by atoms with Gasteiger partial charge in [-0.1, -0.05) is 24.0 Å². The van der Waals surface area contributed by atoms with E-state index in [2.05, 4.69) is 31.8 Å². The monoisotopic (exact) mass is 494 g/mol. The number of pyridine rings is 1. The number of rotatable bonds is 4. The van der Waals surface area contributed by atoms with E-state index in [1.807, 2.05) is 0 Å². The highest BCUT2D eigenvalue weighted by Crippen LogP contribution is 2.31. The Bertz CT molecular complexity index is 1560. The Morgan fingerprint density at radius 3 is 2.56 bits per heavy atom. The average molecular weight is 494 g/mol. The van der Waals surface area contributed by atoms with Gasteiger partial charge in [0.15, 0.2) is 11.5 Å². The normalized spacial score (nSPS) is 11.7. The van der Waals surface area contributed by atoms with E-state index in [0.717, 1.165) is 36.4 Å². The quantitative estimate of drug-likeness (QED) is 0.325. The Kier molecular flexibility index (Phi) is 5.84. The summed E-state index contributed by atoms with van der Waals surface area (Å²) >= 11 is 0. The third-order valence-electron chi connectivity index (χ3n) is 4.32. The summed E-state index contributed by atoms with van der Waals surface area (Å²) in [6.07, 6.45) is -2.35. The van der Waals surface area contributed by atoms with Crippen molar-refractivity contribution in [3.05, 3.63) is 77.6 Å². The second-order valence-electron chi connectivity index (χ2n) is 6.67. The number of halogens is 5. The van der Waals surface area contributed by atoms with Crippen molar-refractivity contribution >= 4 is 26.7 Å². The van der Waals surface area contributed by atoms with Crippen LogP contribution in [0.2, 0.25) is 0 Å². The highest BCUT2D eigenvalue weighted by molar-refractivity contribution is 7.92. The number of nitrogens with one attached hydrogen (secondary N) is 2. The molecule has 0 fully saturated rings. The molecular formula is C21H11F5N4O3S. The molecular weight excluding hydrogens is 483 g/mol. The van der Waals surface area contributed by atoms with Gasteiger partial charge in [0.2, 0.25) is 0 Å². The zero-order valence-corrected chi connectivity index (χ0v) is 17.4. The van der Waals surface area contributed by atoms with Crippen LogP contribution in [0.15, 0.2) is 59.8 Å². The number of benzene rings is 2. The van der Waals surface area contributed by atoms with E-state index in [1.54, 1.807) is 10.8 Å². The third kappa shape index (κ3) is 4.91. The molecule has 174 valence electrons. The van der Waals surface area contributed by atoms with Gasteiger partial charge in [-0.05, 0) is 30.3 Å². The standard InChI is InChI=1S/C21H11F5N4O3S/c22-15-7-8-16(30-34(31,32)18-4-2-1-3-17(18)33-21(24,25)26)19(23)14(15)6-5-12-9-13-11-28-29-20(13)27-10-12/h1-4,7-11,30H,(H,27,28,29). The number of ether oxygens (including phenoxy) is 1. The van der Waals surface area contributed by atoms with E-state index in [1.165, 1.54) is 12.4 Å². The van der Waals surface area contributed by atoms with E-state index >= 15 is 0 Å². The minimum Gasteiger partial charge on any atom is -0.404 e. The van der Waals surface area contributed by atoms with Crippen LogP contribution in [0, 0.1) is 23.5 Å². The molecule has 4 aromatic rings. The Morgan fingerprint density at radius 1 is 1.03 bits per heavy atom. The topological polar surface area (TPSA) is 97.0 Å². The lowest BCUT2D eigenvalue weighted by Crippen LogP contribution is -2.21. The first kappa shape index (κ1) is 23.0. The number of alkyl halides is 3. The molecule has 34 heavy (non-hydrogen) atoms. The van der Waals surface area contributed by atoms with Crippen LogP contribution in [-0.2, 0) is 10.0 Å². The number of para-hydroxylation sites is 1. The fourth-order valence-corrected chi connectivity index (χ4v) is 4.06. The molecule has 0 aliphatic heterocycles. The van der Waals surface area contributed by atoms with Crippen LogP contribution in [0.1, 0.15) is 11.1 Å². The molecule has 0 spiro atoms. The van der Waals surface area contributed by atoms with E-state index in [-0.39, 0.29) is 0 Å². The van der Waals surface area contributed by atoms with Crippen molar-refractivity contribution in [2.75, 3.05) is 4.72 Å². The lowest BCUT2D eigenvalue weighted by molar-refractivity contribution is -0.275. The minimum atomic E-state index is -5.16. The Hall–Kier alpha value is -4.18. The molecule has 0 bridgehead atoms.